The molecular weight excluding hydrogens is 200 g/mol. The zero-order valence-electron chi connectivity index (χ0n) is 11.0. The summed E-state index contributed by atoms with van der Waals surface area (Å²) in [6, 6.07) is 0. The topological polar surface area (TPSA) is 29.5 Å². The maximum absolute atomic E-state index is 10.4. The largest absolute Gasteiger partial charge is 0.390 e. The highest BCUT2D eigenvalue weighted by atomic mass is 16.5. The second-order valence-corrected chi connectivity index (χ2v) is 5.29. The molecule has 0 bridgehead atoms. The molecule has 0 aromatic carbocycles. The highest BCUT2D eigenvalue weighted by Gasteiger charge is 2.41. The lowest BCUT2D eigenvalue weighted by Crippen LogP contribution is -2.47. The van der Waals surface area contributed by atoms with Crippen LogP contribution in [0, 0.1) is 5.92 Å². The number of aliphatic hydroxyl groups is 1. The summed E-state index contributed by atoms with van der Waals surface area (Å²) in [7, 11) is 1.73. The van der Waals surface area contributed by atoms with E-state index in [-0.39, 0.29) is 5.60 Å². The summed E-state index contributed by atoms with van der Waals surface area (Å²) >= 11 is 0. The first-order valence-electron chi connectivity index (χ1n) is 6.44. The minimum absolute atomic E-state index is 0.324. The second kappa shape index (κ2) is 5.83. The standard InChI is InChI=1S/C14H26O2/c1-5-11(2)9-13(15)14(16-4)8-6-7-12(3)10-14/h12-13,15H,2,5-10H2,1,3-4H3. The molecule has 3 atom stereocenters. The predicted molar refractivity (Wildman–Crippen MR) is 67.4 cm³/mol. The summed E-state index contributed by atoms with van der Waals surface area (Å²) in [4.78, 5) is 0. The fraction of sp³-hybridized carbons (Fsp3) is 0.857. The van der Waals surface area contributed by atoms with E-state index in [4.69, 9.17) is 4.74 Å². The lowest BCUT2D eigenvalue weighted by molar-refractivity contribution is -0.131. The SMILES string of the molecule is C=C(CC)CC(O)C1(OC)CCCC(C)C1. The number of methoxy groups -OCH3 is 1. The van der Waals surface area contributed by atoms with Gasteiger partial charge in [-0.25, -0.2) is 0 Å². The molecule has 0 heterocycles. The third-order valence-electron chi connectivity index (χ3n) is 3.99. The van der Waals surface area contributed by atoms with Gasteiger partial charge in [-0.05, 0) is 31.6 Å². The van der Waals surface area contributed by atoms with Gasteiger partial charge in [0.2, 0.25) is 0 Å². The van der Waals surface area contributed by atoms with Gasteiger partial charge in [-0.2, -0.15) is 0 Å². The Bertz CT molecular complexity index is 237. The molecule has 1 aliphatic carbocycles. The molecule has 94 valence electrons. The molecule has 0 aliphatic heterocycles. The van der Waals surface area contributed by atoms with E-state index < -0.39 is 6.10 Å². The number of ether oxygens (including phenoxy) is 1. The number of hydrogen-bond donors (Lipinski definition) is 1. The molecule has 0 amide bonds. The van der Waals surface area contributed by atoms with Crippen LogP contribution in [0.4, 0.5) is 0 Å². The Kier molecular flexibility index (Phi) is 5.00. The Balaban J connectivity index is 2.66. The Labute approximate surface area is 99.7 Å². The van der Waals surface area contributed by atoms with E-state index >= 15 is 0 Å². The molecule has 0 spiro atoms. The third-order valence-corrected chi connectivity index (χ3v) is 3.99. The monoisotopic (exact) mass is 226 g/mol. The van der Waals surface area contributed by atoms with Gasteiger partial charge in [-0.3, -0.25) is 0 Å². The lowest BCUT2D eigenvalue weighted by Gasteiger charge is -2.42. The van der Waals surface area contributed by atoms with E-state index in [1.54, 1.807) is 7.11 Å². The van der Waals surface area contributed by atoms with Crippen molar-refractivity contribution in [1.82, 2.24) is 0 Å². The van der Waals surface area contributed by atoms with E-state index in [0.29, 0.717) is 12.3 Å². The van der Waals surface area contributed by atoms with Crippen molar-refractivity contribution in [3.8, 4) is 0 Å². The average molecular weight is 226 g/mol. The number of hydrogen-bond acceptors (Lipinski definition) is 2. The van der Waals surface area contributed by atoms with Crippen molar-refractivity contribution in [3.63, 3.8) is 0 Å². The molecule has 0 aromatic heterocycles. The van der Waals surface area contributed by atoms with Gasteiger partial charge in [0.05, 0.1) is 11.7 Å². The Morgan fingerprint density at radius 3 is 2.81 bits per heavy atom. The molecular formula is C14H26O2. The van der Waals surface area contributed by atoms with E-state index in [9.17, 15) is 5.11 Å². The fourth-order valence-corrected chi connectivity index (χ4v) is 2.77. The van der Waals surface area contributed by atoms with Crippen LogP contribution < -0.4 is 0 Å². The van der Waals surface area contributed by atoms with Gasteiger partial charge < -0.3 is 9.84 Å². The first kappa shape index (κ1) is 13.7. The summed E-state index contributed by atoms with van der Waals surface area (Å²) < 4.78 is 5.67. The number of aliphatic hydroxyl groups excluding tert-OH is 1. The minimum Gasteiger partial charge on any atom is -0.390 e. The van der Waals surface area contributed by atoms with Gasteiger partial charge in [0.25, 0.3) is 0 Å². The van der Waals surface area contributed by atoms with Crippen molar-refractivity contribution >= 4 is 0 Å². The molecule has 0 saturated heterocycles. The van der Waals surface area contributed by atoms with Crippen LogP contribution in [0.5, 0.6) is 0 Å². The molecule has 0 aromatic rings. The summed E-state index contributed by atoms with van der Waals surface area (Å²) in [6.07, 6.45) is 5.58. The van der Waals surface area contributed by atoms with Crippen molar-refractivity contribution in [2.75, 3.05) is 7.11 Å². The van der Waals surface area contributed by atoms with Gasteiger partial charge in [-0.1, -0.05) is 38.8 Å². The van der Waals surface area contributed by atoms with Crippen molar-refractivity contribution in [2.45, 2.75) is 64.1 Å². The van der Waals surface area contributed by atoms with Crippen LogP contribution in [0.2, 0.25) is 0 Å². The highest BCUT2D eigenvalue weighted by Crippen LogP contribution is 2.38. The first-order valence-corrected chi connectivity index (χ1v) is 6.44. The first-order chi connectivity index (χ1) is 7.54. The van der Waals surface area contributed by atoms with E-state index in [2.05, 4.69) is 20.4 Å². The van der Waals surface area contributed by atoms with Crippen molar-refractivity contribution in [2.24, 2.45) is 5.92 Å². The normalized spacial score (nSPS) is 32.4. The highest BCUT2D eigenvalue weighted by molar-refractivity contribution is 5.02. The third kappa shape index (κ3) is 3.08. The van der Waals surface area contributed by atoms with Crippen molar-refractivity contribution < 1.29 is 9.84 Å². The van der Waals surface area contributed by atoms with Crippen LogP contribution in [0.3, 0.4) is 0 Å². The molecule has 0 radical (unpaired) electrons. The minimum atomic E-state index is -0.396. The predicted octanol–water partition coefficient (Wildman–Crippen LogP) is 3.30. The zero-order chi connectivity index (χ0) is 12.2. The quantitative estimate of drug-likeness (QED) is 0.729. The van der Waals surface area contributed by atoms with Gasteiger partial charge in [0, 0.05) is 7.11 Å². The van der Waals surface area contributed by atoms with Gasteiger partial charge >= 0.3 is 0 Å². The second-order valence-electron chi connectivity index (χ2n) is 5.29. The molecule has 2 nitrogen and oxygen atoms in total. The lowest BCUT2D eigenvalue weighted by atomic mass is 9.74. The summed E-state index contributed by atoms with van der Waals surface area (Å²) in [5.74, 6) is 0.651. The van der Waals surface area contributed by atoms with E-state index in [0.717, 1.165) is 31.3 Å². The van der Waals surface area contributed by atoms with Crippen molar-refractivity contribution in [3.05, 3.63) is 12.2 Å². The molecule has 1 N–H and O–H groups in total. The fourth-order valence-electron chi connectivity index (χ4n) is 2.77. The van der Waals surface area contributed by atoms with Crippen LogP contribution in [0.1, 0.15) is 52.4 Å². The zero-order valence-corrected chi connectivity index (χ0v) is 11.0. The van der Waals surface area contributed by atoms with Gasteiger partial charge in [0.1, 0.15) is 0 Å². The molecule has 1 saturated carbocycles. The Hall–Kier alpha value is -0.340. The van der Waals surface area contributed by atoms with E-state index in [1.165, 1.54) is 6.42 Å². The molecule has 1 fully saturated rings. The van der Waals surface area contributed by atoms with E-state index in [1.807, 2.05) is 0 Å². The van der Waals surface area contributed by atoms with Gasteiger partial charge in [-0.15, -0.1) is 0 Å². The summed E-state index contributed by atoms with van der Waals surface area (Å²) in [5.41, 5.74) is 0.789. The molecule has 2 heteroatoms. The van der Waals surface area contributed by atoms with Crippen LogP contribution >= 0.6 is 0 Å². The maximum atomic E-state index is 10.4. The Morgan fingerprint density at radius 2 is 2.31 bits per heavy atom. The smallest absolute Gasteiger partial charge is 0.0942 e. The van der Waals surface area contributed by atoms with Crippen molar-refractivity contribution in [1.29, 1.82) is 0 Å². The molecule has 16 heavy (non-hydrogen) atoms. The molecule has 1 rings (SSSR count). The Morgan fingerprint density at radius 1 is 1.62 bits per heavy atom. The molecule has 1 aliphatic rings. The number of rotatable bonds is 5. The molecule has 3 unspecified atom stereocenters. The summed E-state index contributed by atoms with van der Waals surface area (Å²) in [6.45, 7) is 8.30. The van der Waals surface area contributed by atoms with Crippen LogP contribution in [-0.2, 0) is 4.74 Å². The van der Waals surface area contributed by atoms with Crippen LogP contribution in [0.15, 0.2) is 12.2 Å². The summed E-state index contributed by atoms with van der Waals surface area (Å²) in [5, 5.41) is 10.4. The maximum Gasteiger partial charge on any atom is 0.0942 e. The average Bonchev–Trinajstić information content (AvgIpc) is 2.28. The van der Waals surface area contributed by atoms with Gasteiger partial charge in [0.15, 0.2) is 0 Å². The van der Waals surface area contributed by atoms with Crippen LogP contribution in [-0.4, -0.2) is 23.9 Å². The van der Waals surface area contributed by atoms with Crippen LogP contribution in [0.25, 0.3) is 0 Å².